The zero-order chi connectivity index (χ0) is 18.0. The Kier molecular flexibility index (Phi) is 4.88. The van der Waals surface area contributed by atoms with Gasteiger partial charge in [0.1, 0.15) is 5.75 Å². The Morgan fingerprint density at radius 1 is 1.16 bits per heavy atom. The van der Waals surface area contributed by atoms with Crippen molar-refractivity contribution >= 4 is 11.7 Å². The van der Waals surface area contributed by atoms with Gasteiger partial charge in [0.25, 0.3) is 0 Å². The van der Waals surface area contributed by atoms with Crippen molar-refractivity contribution in [3.8, 4) is 16.9 Å². The lowest BCUT2D eigenvalue weighted by Crippen LogP contribution is -2.50. The molecular weight excluding hydrogens is 328 g/mol. The van der Waals surface area contributed by atoms with Crippen molar-refractivity contribution in [3.05, 3.63) is 48.0 Å². The van der Waals surface area contributed by atoms with Gasteiger partial charge in [-0.3, -0.25) is 4.79 Å². The number of methoxy groups -OCH3 is 1. The highest BCUT2D eigenvalue weighted by Crippen LogP contribution is 2.32. The highest BCUT2D eigenvalue weighted by atomic mass is 19.3. The molecular formula is C19H19F2NO3. The number of halogens is 2. The average molecular weight is 347 g/mol. The molecule has 1 fully saturated rings. The normalized spacial score (nSPS) is 14.4. The fourth-order valence-corrected chi connectivity index (χ4v) is 2.97. The van der Waals surface area contributed by atoms with E-state index in [0.717, 1.165) is 22.4 Å². The van der Waals surface area contributed by atoms with Crippen LogP contribution in [0, 0.1) is 12.8 Å². The smallest absolute Gasteiger partial charge is 0.387 e. The first-order valence-corrected chi connectivity index (χ1v) is 7.96. The van der Waals surface area contributed by atoms with Gasteiger partial charge in [-0.2, -0.15) is 8.78 Å². The summed E-state index contributed by atoms with van der Waals surface area (Å²) in [6.45, 7) is 0.359. The quantitative estimate of drug-likeness (QED) is 0.770. The van der Waals surface area contributed by atoms with E-state index in [1.165, 1.54) is 13.2 Å². The van der Waals surface area contributed by atoms with Crippen LogP contribution in [0.15, 0.2) is 42.5 Å². The lowest BCUT2D eigenvalue weighted by atomic mass is 9.96. The summed E-state index contributed by atoms with van der Waals surface area (Å²) in [5.41, 5.74) is 3.76. The molecule has 4 nitrogen and oxygen atoms in total. The minimum absolute atomic E-state index is 0.100. The zero-order valence-electron chi connectivity index (χ0n) is 14.0. The highest BCUT2D eigenvalue weighted by molar-refractivity contribution is 5.78. The van der Waals surface area contributed by atoms with Crippen LogP contribution in [0.5, 0.6) is 5.75 Å². The van der Waals surface area contributed by atoms with Crippen LogP contribution < -0.4 is 9.64 Å². The molecule has 25 heavy (non-hydrogen) atoms. The Morgan fingerprint density at radius 2 is 1.92 bits per heavy atom. The number of aryl methyl sites for hydroxylation is 1. The Bertz CT molecular complexity index is 773. The van der Waals surface area contributed by atoms with Gasteiger partial charge in [0, 0.05) is 18.8 Å². The van der Waals surface area contributed by atoms with Crippen molar-refractivity contribution in [3.63, 3.8) is 0 Å². The Hall–Kier alpha value is -2.63. The number of nitrogens with zero attached hydrogens (tertiary/aromatic N) is 1. The maximum absolute atomic E-state index is 12.4. The molecule has 2 aromatic carbocycles. The molecule has 1 heterocycles. The van der Waals surface area contributed by atoms with Crippen LogP contribution in [-0.4, -0.2) is 32.8 Å². The molecule has 0 amide bonds. The van der Waals surface area contributed by atoms with Crippen molar-refractivity contribution in [2.45, 2.75) is 13.5 Å². The molecule has 2 aromatic rings. The molecule has 0 bridgehead atoms. The first kappa shape index (κ1) is 17.2. The summed E-state index contributed by atoms with van der Waals surface area (Å²) >= 11 is 0. The van der Waals surface area contributed by atoms with Crippen LogP contribution in [0.4, 0.5) is 14.5 Å². The second-order valence-corrected chi connectivity index (χ2v) is 6.09. The number of alkyl halides is 2. The molecule has 0 atom stereocenters. The van der Waals surface area contributed by atoms with Crippen molar-refractivity contribution in [1.29, 1.82) is 0 Å². The molecule has 3 rings (SSSR count). The van der Waals surface area contributed by atoms with E-state index in [-0.39, 0.29) is 17.6 Å². The van der Waals surface area contributed by atoms with E-state index < -0.39 is 6.61 Å². The topological polar surface area (TPSA) is 38.8 Å². The molecule has 1 aliphatic rings. The molecule has 0 aromatic heterocycles. The van der Waals surface area contributed by atoms with E-state index in [1.807, 2.05) is 31.2 Å². The van der Waals surface area contributed by atoms with Crippen LogP contribution in [0.3, 0.4) is 0 Å². The third-order valence-electron chi connectivity index (χ3n) is 4.24. The monoisotopic (exact) mass is 347 g/mol. The molecule has 1 aliphatic heterocycles. The Morgan fingerprint density at radius 3 is 2.60 bits per heavy atom. The summed E-state index contributed by atoms with van der Waals surface area (Å²) in [6.07, 6.45) is 0. The van der Waals surface area contributed by atoms with E-state index in [0.29, 0.717) is 13.1 Å². The number of hydrogen-bond acceptors (Lipinski definition) is 4. The SMILES string of the molecule is COC(=O)C1CN(c2cc(C)cc(-c3cccc(OC(F)F)c3)c2)C1. The largest absolute Gasteiger partial charge is 0.469 e. The van der Waals surface area contributed by atoms with Gasteiger partial charge in [0.2, 0.25) is 0 Å². The van der Waals surface area contributed by atoms with Gasteiger partial charge < -0.3 is 14.4 Å². The summed E-state index contributed by atoms with van der Waals surface area (Å²) in [5, 5.41) is 0. The number of benzene rings is 2. The number of esters is 1. The lowest BCUT2D eigenvalue weighted by Gasteiger charge is -2.39. The summed E-state index contributed by atoms with van der Waals surface area (Å²) in [7, 11) is 1.39. The van der Waals surface area contributed by atoms with E-state index in [4.69, 9.17) is 4.74 Å². The maximum atomic E-state index is 12.4. The molecule has 0 aliphatic carbocycles. The van der Waals surface area contributed by atoms with Crippen molar-refractivity contribution < 1.29 is 23.0 Å². The first-order chi connectivity index (χ1) is 12.0. The molecule has 0 spiro atoms. The van der Waals surface area contributed by atoms with E-state index in [2.05, 4.69) is 9.64 Å². The fourth-order valence-electron chi connectivity index (χ4n) is 2.97. The maximum Gasteiger partial charge on any atom is 0.387 e. The minimum Gasteiger partial charge on any atom is -0.469 e. The first-order valence-electron chi connectivity index (χ1n) is 7.96. The van der Waals surface area contributed by atoms with Gasteiger partial charge in [-0.25, -0.2) is 0 Å². The molecule has 0 saturated carbocycles. The van der Waals surface area contributed by atoms with Gasteiger partial charge in [0.15, 0.2) is 0 Å². The van der Waals surface area contributed by atoms with Crippen LogP contribution in [0.2, 0.25) is 0 Å². The number of carbonyl (C=O) groups is 1. The minimum atomic E-state index is -2.85. The molecule has 1 saturated heterocycles. The molecule has 6 heteroatoms. The van der Waals surface area contributed by atoms with E-state index >= 15 is 0 Å². The molecule has 0 N–H and O–H groups in total. The van der Waals surface area contributed by atoms with E-state index in [1.54, 1.807) is 12.1 Å². The van der Waals surface area contributed by atoms with Crippen molar-refractivity contribution in [2.75, 3.05) is 25.1 Å². The summed E-state index contributed by atoms with van der Waals surface area (Å²) in [4.78, 5) is 13.6. The van der Waals surface area contributed by atoms with Gasteiger partial charge in [-0.05, 0) is 47.9 Å². The van der Waals surface area contributed by atoms with Gasteiger partial charge in [-0.1, -0.05) is 18.2 Å². The van der Waals surface area contributed by atoms with Crippen molar-refractivity contribution in [1.82, 2.24) is 0 Å². The second-order valence-electron chi connectivity index (χ2n) is 6.09. The third kappa shape index (κ3) is 3.90. The second kappa shape index (κ2) is 7.09. The van der Waals surface area contributed by atoms with Crippen LogP contribution in [-0.2, 0) is 9.53 Å². The van der Waals surface area contributed by atoms with Crippen LogP contribution >= 0.6 is 0 Å². The van der Waals surface area contributed by atoms with Gasteiger partial charge in [-0.15, -0.1) is 0 Å². The summed E-state index contributed by atoms with van der Waals surface area (Å²) < 4.78 is 34.0. The highest BCUT2D eigenvalue weighted by Gasteiger charge is 2.33. The Labute approximate surface area is 145 Å². The molecule has 0 unspecified atom stereocenters. The fraction of sp³-hybridized carbons (Fsp3) is 0.316. The number of hydrogen-bond donors (Lipinski definition) is 0. The predicted molar refractivity (Wildman–Crippen MR) is 91.0 cm³/mol. The van der Waals surface area contributed by atoms with E-state index in [9.17, 15) is 13.6 Å². The van der Waals surface area contributed by atoms with Gasteiger partial charge >= 0.3 is 12.6 Å². The average Bonchev–Trinajstić information content (AvgIpc) is 2.52. The molecule has 132 valence electrons. The number of carbonyl (C=O) groups excluding carboxylic acids is 1. The number of ether oxygens (including phenoxy) is 2. The van der Waals surface area contributed by atoms with Crippen LogP contribution in [0.1, 0.15) is 5.56 Å². The number of rotatable bonds is 5. The Balaban J connectivity index is 1.82. The zero-order valence-corrected chi connectivity index (χ0v) is 14.0. The van der Waals surface area contributed by atoms with Crippen LogP contribution in [0.25, 0.3) is 11.1 Å². The van der Waals surface area contributed by atoms with Gasteiger partial charge in [0.05, 0.1) is 13.0 Å². The van der Waals surface area contributed by atoms with Crippen molar-refractivity contribution in [2.24, 2.45) is 5.92 Å². The predicted octanol–water partition coefficient (Wildman–Crippen LogP) is 3.87. The summed E-state index contributed by atoms with van der Waals surface area (Å²) in [5.74, 6) is -0.164. The standard InChI is InChI=1S/C19H19F2NO3/c1-12-6-14(13-4-3-5-17(9-13)25-19(20)21)8-16(7-12)22-10-15(11-22)18(23)24-2/h3-9,15,19H,10-11H2,1-2H3. The molecule has 0 radical (unpaired) electrons. The summed E-state index contributed by atoms with van der Waals surface area (Å²) in [6, 6.07) is 12.7. The third-order valence-corrected chi connectivity index (χ3v) is 4.24. The number of anilines is 1. The lowest BCUT2D eigenvalue weighted by molar-refractivity contribution is -0.146.